The van der Waals surface area contributed by atoms with E-state index in [0.717, 1.165) is 25.2 Å². The van der Waals surface area contributed by atoms with Crippen molar-refractivity contribution in [2.75, 3.05) is 23.3 Å². The number of carbonyl (C=O) groups is 3. The second kappa shape index (κ2) is 13.9. The summed E-state index contributed by atoms with van der Waals surface area (Å²) in [6.45, 7) is 19.7. The largest absolute Gasteiger partial charge is 0.506 e. The molecule has 2 aliphatic carbocycles. The Morgan fingerprint density at radius 3 is 2.18 bits per heavy atom. The molecule has 0 aromatic heterocycles. The third-order valence-corrected chi connectivity index (χ3v) is 10.2. The normalized spacial score (nSPS) is 19.4. The predicted molar refractivity (Wildman–Crippen MR) is 183 cm³/mol. The van der Waals surface area contributed by atoms with Crippen LogP contribution in [0, 0.1) is 23.2 Å². The Balaban J connectivity index is 1.81. The van der Waals surface area contributed by atoms with Crippen molar-refractivity contribution in [2.24, 2.45) is 28.3 Å². The molecule has 2 amide bonds. The SMILES string of the molecule is CCN(CC)c1ccc(C2=C(O)/C(=C3/C(=O)N(C(C(C)C)C(C)C)N=C3CCC3CCCC3)C2=O)c(NC(=O)C(C)(C)CC)c1. The van der Waals surface area contributed by atoms with Gasteiger partial charge in [0.1, 0.15) is 5.76 Å². The van der Waals surface area contributed by atoms with E-state index in [1.54, 1.807) is 11.1 Å². The zero-order valence-electron chi connectivity index (χ0n) is 28.9. The van der Waals surface area contributed by atoms with E-state index < -0.39 is 11.2 Å². The molecule has 246 valence electrons. The van der Waals surface area contributed by atoms with Crippen LogP contribution in [-0.2, 0) is 14.4 Å². The van der Waals surface area contributed by atoms with Gasteiger partial charge < -0.3 is 15.3 Å². The van der Waals surface area contributed by atoms with Gasteiger partial charge in [0.25, 0.3) is 5.91 Å². The molecule has 1 heterocycles. The van der Waals surface area contributed by atoms with Gasteiger partial charge in [-0.15, -0.1) is 0 Å². The van der Waals surface area contributed by atoms with Crippen LogP contribution in [0.25, 0.3) is 5.57 Å². The Kier molecular flexibility index (Phi) is 10.7. The minimum absolute atomic E-state index is 0.0490. The number of nitrogens with zero attached hydrogens (tertiary/aromatic N) is 3. The molecule has 1 fully saturated rings. The van der Waals surface area contributed by atoms with E-state index in [9.17, 15) is 19.5 Å². The van der Waals surface area contributed by atoms with Crippen molar-refractivity contribution in [3.63, 3.8) is 0 Å². The summed E-state index contributed by atoms with van der Waals surface area (Å²) in [6, 6.07) is 5.44. The van der Waals surface area contributed by atoms with Crippen molar-refractivity contribution < 1.29 is 19.5 Å². The average molecular weight is 619 g/mol. The van der Waals surface area contributed by atoms with Crippen molar-refractivity contribution in [2.45, 2.75) is 113 Å². The number of benzene rings is 1. The van der Waals surface area contributed by atoms with Crippen LogP contribution in [0.5, 0.6) is 0 Å². The zero-order valence-corrected chi connectivity index (χ0v) is 28.9. The molecule has 1 aromatic rings. The van der Waals surface area contributed by atoms with Crippen LogP contribution in [0.1, 0.15) is 113 Å². The highest BCUT2D eigenvalue weighted by Gasteiger charge is 2.46. The molecule has 0 unspecified atom stereocenters. The van der Waals surface area contributed by atoms with Crippen LogP contribution in [0.2, 0.25) is 0 Å². The van der Waals surface area contributed by atoms with E-state index in [1.807, 2.05) is 32.9 Å². The molecule has 1 saturated carbocycles. The van der Waals surface area contributed by atoms with Crippen LogP contribution in [0.3, 0.4) is 0 Å². The summed E-state index contributed by atoms with van der Waals surface area (Å²) in [7, 11) is 0. The first kappa shape index (κ1) is 34.5. The smallest absolute Gasteiger partial charge is 0.277 e. The fourth-order valence-corrected chi connectivity index (χ4v) is 7.04. The lowest BCUT2D eigenvalue weighted by Gasteiger charge is -2.31. The number of ketones is 1. The van der Waals surface area contributed by atoms with Gasteiger partial charge in [-0.3, -0.25) is 14.4 Å². The van der Waals surface area contributed by atoms with Crippen LogP contribution >= 0.6 is 0 Å². The van der Waals surface area contributed by atoms with Crippen LogP contribution in [0.4, 0.5) is 11.4 Å². The standard InChI is InChI=1S/C37H54N4O4/c1-10-37(8,9)36(45)38-28-21-25(40(11-2)12-3)18-19-26(28)29-33(42)31(34(29)43)30-27(20-17-24-15-13-14-16-24)39-41(35(30)44)32(22(4)5)23(6)7/h18-19,21-24,32,42H,10-17,20H2,1-9H3,(H,38,45)/b31-30-. The van der Waals surface area contributed by atoms with E-state index in [4.69, 9.17) is 5.10 Å². The van der Waals surface area contributed by atoms with Gasteiger partial charge >= 0.3 is 0 Å². The Morgan fingerprint density at radius 2 is 1.64 bits per heavy atom. The lowest BCUT2D eigenvalue weighted by molar-refractivity contribution is -0.130. The Labute approximate surface area is 270 Å². The lowest BCUT2D eigenvalue weighted by Crippen LogP contribution is -2.41. The molecule has 8 heteroatoms. The van der Waals surface area contributed by atoms with Gasteiger partial charge in [0.15, 0.2) is 0 Å². The first-order valence-electron chi connectivity index (χ1n) is 17.1. The van der Waals surface area contributed by atoms with Crippen LogP contribution in [-0.4, -0.2) is 52.6 Å². The Bertz CT molecular complexity index is 1400. The second-order valence-electron chi connectivity index (χ2n) is 14.3. The Morgan fingerprint density at radius 1 is 1.02 bits per heavy atom. The predicted octanol–water partition coefficient (Wildman–Crippen LogP) is 7.91. The highest BCUT2D eigenvalue weighted by atomic mass is 16.3. The van der Waals surface area contributed by atoms with Gasteiger partial charge in [-0.1, -0.05) is 74.1 Å². The lowest BCUT2D eigenvalue weighted by atomic mass is 9.78. The van der Waals surface area contributed by atoms with Crippen LogP contribution < -0.4 is 10.2 Å². The number of hydrogen-bond acceptors (Lipinski definition) is 6. The third kappa shape index (κ3) is 6.75. The minimum Gasteiger partial charge on any atom is -0.506 e. The maximum absolute atomic E-state index is 14.1. The molecule has 8 nitrogen and oxygen atoms in total. The number of anilines is 2. The van der Waals surface area contributed by atoms with E-state index in [-0.39, 0.29) is 52.2 Å². The Hall–Kier alpha value is -3.42. The fourth-order valence-electron chi connectivity index (χ4n) is 7.04. The van der Waals surface area contributed by atoms with E-state index in [2.05, 4.69) is 51.8 Å². The van der Waals surface area contributed by atoms with Gasteiger partial charge in [0.2, 0.25) is 11.7 Å². The first-order valence-corrected chi connectivity index (χ1v) is 17.1. The molecular weight excluding hydrogens is 564 g/mol. The van der Waals surface area contributed by atoms with Crippen molar-refractivity contribution in [3.05, 3.63) is 40.7 Å². The first-order chi connectivity index (χ1) is 21.3. The van der Waals surface area contributed by atoms with Gasteiger partial charge in [-0.05, 0) is 69.1 Å². The molecule has 3 aliphatic rings. The van der Waals surface area contributed by atoms with Crippen molar-refractivity contribution in [1.29, 1.82) is 0 Å². The van der Waals surface area contributed by atoms with E-state index in [0.29, 0.717) is 35.7 Å². The summed E-state index contributed by atoms with van der Waals surface area (Å²) in [5, 5.41) is 21.1. The molecule has 0 bridgehead atoms. The molecule has 4 rings (SSSR count). The molecule has 1 aliphatic heterocycles. The average Bonchev–Trinajstić information content (AvgIpc) is 3.62. The second-order valence-corrected chi connectivity index (χ2v) is 14.3. The number of amides is 2. The van der Waals surface area contributed by atoms with Crippen molar-refractivity contribution in [1.82, 2.24) is 5.01 Å². The molecule has 0 radical (unpaired) electrons. The number of hydrazone groups is 1. The number of nitrogens with one attached hydrogen (secondary N) is 1. The number of aliphatic hydroxyl groups excluding tert-OH is 1. The van der Waals surface area contributed by atoms with Gasteiger partial charge in [0.05, 0.1) is 34.2 Å². The molecule has 2 N–H and O–H groups in total. The van der Waals surface area contributed by atoms with Crippen molar-refractivity contribution in [3.8, 4) is 0 Å². The summed E-state index contributed by atoms with van der Waals surface area (Å²) in [6.07, 6.45) is 6.96. The number of hydrogen-bond donors (Lipinski definition) is 2. The number of allylic oxidation sites excluding steroid dienone is 2. The minimum atomic E-state index is -0.622. The monoisotopic (exact) mass is 618 g/mol. The number of carbonyl (C=O) groups excluding carboxylic acids is 3. The molecule has 0 spiro atoms. The summed E-state index contributed by atoms with van der Waals surface area (Å²) >= 11 is 0. The maximum Gasteiger partial charge on any atom is 0.277 e. The van der Waals surface area contributed by atoms with Gasteiger partial charge in [-0.25, -0.2) is 5.01 Å². The molecule has 0 atom stereocenters. The number of Topliss-reactive ketones (excluding diaryl/α,β-unsaturated/α-hetero) is 1. The molecule has 1 aromatic carbocycles. The molecular formula is C37H54N4O4. The summed E-state index contributed by atoms with van der Waals surface area (Å²) in [5.74, 6) is -0.148. The number of rotatable bonds is 13. The van der Waals surface area contributed by atoms with Crippen LogP contribution in [0.15, 0.2) is 40.2 Å². The van der Waals surface area contributed by atoms with E-state index >= 15 is 0 Å². The van der Waals surface area contributed by atoms with Crippen molar-refractivity contribution >= 4 is 40.3 Å². The highest BCUT2D eigenvalue weighted by Crippen LogP contribution is 2.44. The third-order valence-electron chi connectivity index (χ3n) is 10.2. The molecule has 0 saturated heterocycles. The fraction of sp³-hybridized carbons (Fsp3) is 0.622. The number of aliphatic hydroxyl groups is 1. The molecule has 45 heavy (non-hydrogen) atoms. The van der Waals surface area contributed by atoms with Gasteiger partial charge in [-0.2, -0.15) is 5.10 Å². The quantitative estimate of drug-likeness (QED) is 0.219. The highest BCUT2D eigenvalue weighted by molar-refractivity contribution is 6.44. The zero-order chi connectivity index (χ0) is 33.2. The summed E-state index contributed by atoms with van der Waals surface area (Å²) in [5.41, 5.74) is 2.22. The van der Waals surface area contributed by atoms with E-state index in [1.165, 1.54) is 25.7 Å². The van der Waals surface area contributed by atoms with Gasteiger partial charge in [0, 0.05) is 29.8 Å². The summed E-state index contributed by atoms with van der Waals surface area (Å²) in [4.78, 5) is 43.6. The summed E-state index contributed by atoms with van der Waals surface area (Å²) < 4.78 is 0. The topological polar surface area (TPSA) is 102 Å². The maximum atomic E-state index is 14.1.